The van der Waals surface area contributed by atoms with Gasteiger partial charge in [-0.2, -0.15) is 11.8 Å². The molecule has 0 amide bonds. The molecule has 0 bridgehead atoms. The van der Waals surface area contributed by atoms with E-state index >= 15 is 0 Å². The zero-order valence-corrected chi connectivity index (χ0v) is 14.5. The number of hydrogen-bond acceptors (Lipinski definition) is 7. The summed E-state index contributed by atoms with van der Waals surface area (Å²) in [7, 11) is 1.30. The molecule has 124 valence electrons. The maximum absolute atomic E-state index is 12.1. The lowest BCUT2D eigenvalue weighted by molar-refractivity contribution is -0.145. The van der Waals surface area contributed by atoms with Crippen molar-refractivity contribution in [1.82, 2.24) is 5.32 Å². The molecule has 6 nitrogen and oxygen atoms in total. The number of allylic oxidation sites excluding steroid dienone is 1. The van der Waals surface area contributed by atoms with Gasteiger partial charge in [0, 0.05) is 0 Å². The standard InChI is InChI=1S/C13H17Cl2NO5S/c1-19-12(18)7(3-6-22-2)16-11-8(14)9(17)10(15)13(11)20-4-5-21-13/h7,10,16H,3-6H2,1-2H3/t7-,10?/m0/s1. The van der Waals surface area contributed by atoms with E-state index in [1.165, 1.54) is 7.11 Å². The van der Waals surface area contributed by atoms with Crippen molar-refractivity contribution in [3.8, 4) is 0 Å². The highest BCUT2D eigenvalue weighted by Crippen LogP contribution is 2.43. The molecule has 1 heterocycles. The quantitative estimate of drug-likeness (QED) is 0.557. The Kier molecular flexibility index (Phi) is 6.01. The first-order chi connectivity index (χ1) is 10.5. The average molecular weight is 370 g/mol. The Labute approximate surface area is 142 Å². The minimum absolute atomic E-state index is 0.0973. The van der Waals surface area contributed by atoms with Crippen LogP contribution in [0.3, 0.4) is 0 Å². The third-order valence-electron chi connectivity index (χ3n) is 3.48. The summed E-state index contributed by atoms with van der Waals surface area (Å²) < 4.78 is 15.9. The molecule has 22 heavy (non-hydrogen) atoms. The first-order valence-corrected chi connectivity index (χ1v) is 8.88. The summed E-state index contributed by atoms with van der Waals surface area (Å²) in [6.45, 7) is 0.582. The van der Waals surface area contributed by atoms with E-state index in [9.17, 15) is 9.59 Å². The monoisotopic (exact) mass is 369 g/mol. The number of ether oxygens (including phenoxy) is 3. The van der Waals surface area contributed by atoms with Crippen LogP contribution in [0.2, 0.25) is 0 Å². The summed E-state index contributed by atoms with van der Waals surface area (Å²) >= 11 is 13.8. The van der Waals surface area contributed by atoms with E-state index in [1.807, 2.05) is 6.26 Å². The van der Waals surface area contributed by atoms with Crippen molar-refractivity contribution in [3.63, 3.8) is 0 Å². The molecule has 1 fully saturated rings. The normalized spacial score (nSPS) is 24.9. The third-order valence-corrected chi connectivity index (χ3v) is 4.98. The van der Waals surface area contributed by atoms with Gasteiger partial charge in [-0.25, -0.2) is 4.79 Å². The van der Waals surface area contributed by atoms with Gasteiger partial charge in [-0.15, -0.1) is 11.6 Å². The van der Waals surface area contributed by atoms with Gasteiger partial charge in [0.15, 0.2) is 11.2 Å². The summed E-state index contributed by atoms with van der Waals surface area (Å²) in [4.78, 5) is 24.0. The second kappa shape index (κ2) is 7.40. The minimum atomic E-state index is -1.44. The molecule has 1 spiro atoms. The number of rotatable bonds is 6. The number of halogens is 2. The Balaban J connectivity index is 2.27. The van der Waals surface area contributed by atoms with Crippen LogP contribution in [0.25, 0.3) is 0 Å². The van der Waals surface area contributed by atoms with Crippen molar-refractivity contribution in [2.45, 2.75) is 23.6 Å². The number of Topliss-reactive ketones (excluding diaryl/α,β-unsaturated/α-hetero) is 1. The molecule has 0 aromatic heterocycles. The molecule has 1 saturated heterocycles. The summed E-state index contributed by atoms with van der Waals surface area (Å²) in [5.41, 5.74) is 0.202. The molecule has 1 aliphatic carbocycles. The fourth-order valence-electron chi connectivity index (χ4n) is 2.37. The highest BCUT2D eigenvalue weighted by atomic mass is 35.5. The minimum Gasteiger partial charge on any atom is -0.467 e. The fourth-order valence-corrected chi connectivity index (χ4v) is 3.54. The molecule has 2 atom stereocenters. The molecule has 2 rings (SSSR count). The number of ketones is 1. The maximum Gasteiger partial charge on any atom is 0.328 e. The van der Waals surface area contributed by atoms with Crippen LogP contribution < -0.4 is 5.32 Å². The van der Waals surface area contributed by atoms with Crippen LogP contribution in [0.15, 0.2) is 10.7 Å². The second-order valence-electron chi connectivity index (χ2n) is 4.78. The van der Waals surface area contributed by atoms with Gasteiger partial charge in [-0.3, -0.25) is 4.79 Å². The van der Waals surface area contributed by atoms with Gasteiger partial charge in [0.05, 0.1) is 26.0 Å². The Bertz CT molecular complexity index is 493. The van der Waals surface area contributed by atoms with E-state index < -0.39 is 29.0 Å². The zero-order valence-electron chi connectivity index (χ0n) is 12.2. The van der Waals surface area contributed by atoms with Crippen LogP contribution in [0, 0.1) is 0 Å². The van der Waals surface area contributed by atoms with Crippen LogP contribution in [0.1, 0.15) is 6.42 Å². The number of methoxy groups -OCH3 is 1. The Hall–Kier alpha value is -0.470. The molecule has 9 heteroatoms. The van der Waals surface area contributed by atoms with E-state index in [0.717, 1.165) is 5.75 Å². The largest absolute Gasteiger partial charge is 0.467 e. The van der Waals surface area contributed by atoms with Gasteiger partial charge < -0.3 is 19.5 Å². The van der Waals surface area contributed by atoms with Crippen LogP contribution in [0.5, 0.6) is 0 Å². The number of carbonyl (C=O) groups excluding carboxylic acids is 2. The van der Waals surface area contributed by atoms with Gasteiger partial charge >= 0.3 is 5.97 Å². The molecule has 0 aromatic rings. The number of alkyl halides is 1. The Morgan fingerprint density at radius 2 is 2.18 bits per heavy atom. The molecule has 1 unspecified atom stereocenters. The van der Waals surface area contributed by atoms with Crippen LogP contribution in [-0.2, 0) is 23.8 Å². The first-order valence-electron chi connectivity index (χ1n) is 6.67. The van der Waals surface area contributed by atoms with E-state index in [0.29, 0.717) is 19.6 Å². The van der Waals surface area contributed by atoms with Crippen molar-refractivity contribution in [2.75, 3.05) is 32.3 Å². The second-order valence-corrected chi connectivity index (χ2v) is 6.58. The smallest absolute Gasteiger partial charge is 0.328 e. The van der Waals surface area contributed by atoms with E-state index in [-0.39, 0.29) is 10.7 Å². The van der Waals surface area contributed by atoms with Gasteiger partial charge in [-0.1, -0.05) is 11.6 Å². The van der Waals surface area contributed by atoms with Gasteiger partial charge in [0.1, 0.15) is 11.1 Å². The van der Waals surface area contributed by atoms with Crippen molar-refractivity contribution >= 4 is 46.7 Å². The molecule has 0 saturated carbocycles. The Morgan fingerprint density at radius 3 is 2.73 bits per heavy atom. The summed E-state index contributed by atoms with van der Waals surface area (Å²) in [6.07, 6.45) is 2.43. The SMILES string of the molecule is COC(=O)[C@H](CCSC)NC1=C(Cl)C(=O)C(Cl)C12OCCO2. The zero-order chi connectivity index (χ0) is 16.3. The lowest BCUT2D eigenvalue weighted by atomic mass is 10.1. The molecule has 1 N–H and O–H groups in total. The number of nitrogens with one attached hydrogen (secondary N) is 1. The average Bonchev–Trinajstić information content (AvgIpc) is 3.07. The predicted molar refractivity (Wildman–Crippen MR) is 84.1 cm³/mol. The highest BCUT2D eigenvalue weighted by Gasteiger charge is 2.58. The van der Waals surface area contributed by atoms with Crippen molar-refractivity contribution in [3.05, 3.63) is 10.7 Å². The number of thioether (sulfide) groups is 1. The van der Waals surface area contributed by atoms with Gasteiger partial charge in [0.2, 0.25) is 5.79 Å². The van der Waals surface area contributed by atoms with Crippen LogP contribution in [-0.4, -0.2) is 61.3 Å². The molecule has 1 aliphatic heterocycles. The van der Waals surface area contributed by atoms with E-state index in [1.54, 1.807) is 11.8 Å². The van der Waals surface area contributed by atoms with E-state index in [2.05, 4.69) is 5.32 Å². The molecule has 2 aliphatic rings. The summed E-state index contributed by atoms with van der Waals surface area (Å²) in [5, 5.41) is 1.77. The van der Waals surface area contributed by atoms with Gasteiger partial charge in [-0.05, 0) is 18.4 Å². The highest BCUT2D eigenvalue weighted by molar-refractivity contribution is 7.98. The Morgan fingerprint density at radius 1 is 1.55 bits per heavy atom. The maximum atomic E-state index is 12.1. The van der Waals surface area contributed by atoms with E-state index in [4.69, 9.17) is 37.4 Å². The topological polar surface area (TPSA) is 73.9 Å². The van der Waals surface area contributed by atoms with Crippen molar-refractivity contribution in [1.29, 1.82) is 0 Å². The molecular weight excluding hydrogens is 353 g/mol. The third kappa shape index (κ3) is 3.10. The van der Waals surface area contributed by atoms with Crippen molar-refractivity contribution in [2.24, 2.45) is 0 Å². The predicted octanol–water partition coefficient (Wildman–Crippen LogP) is 1.25. The first kappa shape index (κ1) is 17.9. The van der Waals surface area contributed by atoms with Crippen LogP contribution >= 0.6 is 35.0 Å². The lowest BCUT2D eigenvalue weighted by Crippen LogP contribution is -2.49. The van der Waals surface area contributed by atoms with Crippen molar-refractivity contribution < 1.29 is 23.8 Å². The van der Waals surface area contributed by atoms with Crippen LogP contribution in [0.4, 0.5) is 0 Å². The summed E-state index contributed by atoms with van der Waals surface area (Å²) in [6, 6.07) is -0.666. The molecular formula is C13H17Cl2NO5S. The lowest BCUT2D eigenvalue weighted by Gasteiger charge is -2.30. The molecule has 0 aromatic carbocycles. The fraction of sp³-hybridized carbons (Fsp3) is 0.692. The molecule has 0 radical (unpaired) electrons. The summed E-state index contributed by atoms with van der Waals surface area (Å²) in [5.74, 6) is -1.66. The number of carbonyl (C=O) groups is 2. The number of hydrogen-bond donors (Lipinski definition) is 1. The van der Waals surface area contributed by atoms with Gasteiger partial charge in [0.25, 0.3) is 0 Å². The number of esters is 1.